The van der Waals surface area contributed by atoms with Gasteiger partial charge in [-0.25, -0.2) is 9.97 Å². The Bertz CT molecular complexity index is 889. The molecule has 25 heavy (non-hydrogen) atoms. The monoisotopic (exact) mass is 349 g/mol. The van der Waals surface area contributed by atoms with Gasteiger partial charge in [0.25, 0.3) is 0 Å². The molecule has 2 aromatic heterocycles. The van der Waals surface area contributed by atoms with Gasteiger partial charge in [0.05, 0.1) is 10.4 Å². The van der Waals surface area contributed by atoms with Crippen LogP contribution in [-0.4, -0.2) is 16.0 Å². The second kappa shape index (κ2) is 6.10. The van der Waals surface area contributed by atoms with E-state index in [2.05, 4.69) is 54.0 Å². The van der Waals surface area contributed by atoms with Gasteiger partial charge >= 0.3 is 0 Å². The lowest BCUT2D eigenvalue weighted by atomic mass is 9.84. The largest absolute Gasteiger partial charge is 0.367 e. The van der Waals surface area contributed by atoms with Crippen molar-refractivity contribution in [1.82, 2.24) is 9.97 Å². The number of hydrogen-bond donors (Lipinski definition) is 1. The molecule has 0 spiro atoms. The molecule has 2 heterocycles. The molecule has 2 aliphatic rings. The van der Waals surface area contributed by atoms with Gasteiger partial charge in [0.2, 0.25) is 0 Å². The van der Waals surface area contributed by atoms with Crippen LogP contribution >= 0.6 is 11.3 Å². The molecule has 3 aromatic rings. The van der Waals surface area contributed by atoms with Crippen molar-refractivity contribution in [3.8, 4) is 10.7 Å². The fourth-order valence-corrected chi connectivity index (χ4v) is 5.59. The van der Waals surface area contributed by atoms with Crippen LogP contribution in [0.25, 0.3) is 21.6 Å². The van der Waals surface area contributed by atoms with Crippen LogP contribution in [0.4, 0.5) is 5.82 Å². The molecule has 0 aliphatic heterocycles. The van der Waals surface area contributed by atoms with Gasteiger partial charge in [-0.1, -0.05) is 24.6 Å². The average molecular weight is 350 g/mol. The first-order valence-electron chi connectivity index (χ1n) is 9.35. The maximum Gasteiger partial charge on any atom is 0.172 e. The van der Waals surface area contributed by atoms with Gasteiger partial charge in [0.15, 0.2) is 5.82 Å². The number of benzene rings is 1. The Kier molecular flexibility index (Phi) is 3.74. The molecule has 2 bridgehead atoms. The molecule has 3 nitrogen and oxygen atoms in total. The number of thiophene rings is 1. The summed E-state index contributed by atoms with van der Waals surface area (Å²) < 4.78 is 0. The summed E-state index contributed by atoms with van der Waals surface area (Å²) in [7, 11) is 0. The predicted molar refractivity (Wildman–Crippen MR) is 105 cm³/mol. The molecule has 0 unspecified atom stereocenters. The van der Waals surface area contributed by atoms with E-state index in [9.17, 15) is 0 Å². The molecular formula is C21H23N3S. The summed E-state index contributed by atoms with van der Waals surface area (Å²) in [6, 6.07) is 13.0. The number of nitrogens with zero attached hydrogens (tertiary/aromatic N) is 2. The fraction of sp³-hybridized carbons (Fsp3) is 0.429. The van der Waals surface area contributed by atoms with Crippen LogP contribution < -0.4 is 5.32 Å². The molecule has 0 saturated heterocycles. The number of aromatic nitrogens is 2. The van der Waals surface area contributed by atoms with E-state index in [1.807, 2.05) is 0 Å². The Balaban J connectivity index is 1.51. The smallest absolute Gasteiger partial charge is 0.172 e. The minimum Gasteiger partial charge on any atom is -0.367 e. The molecule has 0 radical (unpaired) electrons. The summed E-state index contributed by atoms with van der Waals surface area (Å²) in [5.41, 5.74) is 1.02. The van der Waals surface area contributed by atoms with Crippen molar-refractivity contribution >= 4 is 28.1 Å². The SMILES string of the molecule is C[C@@H](Nc1nc(-c2cccs2)nc2ccccc12)[C@H]1C[C@H]2CC[C@H]1C2. The van der Waals surface area contributed by atoms with E-state index in [0.717, 1.165) is 45.2 Å². The second-order valence-electron chi connectivity index (χ2n) is 7.66. The molecule has 2 saturated carbocycles. The normalized spacial score (nSPS) is 26.2. The van der Waals surface area contributed by atoms with Gasteiger partial charge in [-0.15, -0.1) is 11.3 Å². The van der Waals surface area contributed by atoms with Crippen LogP contribution in [0, 0.1) is 17.8 Å². The molecule has 2 aliphatic carbocycles. The zero-order valence-corrected chi connectivity index (χ0v) is 15.3. The van der Waals surface area contributed by atoms with Crippen molar-refractivity contribution in [2.75, 3.05) is 5.32 Å². The van der Waals surface area contributed by atoms with Crippen molar-refractivity contribution in [2.24, 2.45) is 17.8 Å². The van der Waals surface area contributed by atoms with Gasteiger partial charge < -0.3 is 5.32 Å². The lowest BCUT2D eigenvalue weighted by Gasteiger charge is -2.29. The van der Waals surface area contributed by atoms with Crippen molar-refractivity contribution < 1.29 is 0 Å². The Hall–Kier alpha value is -1.94. The van der Waals surface area contributed by atoms with E-state index >= 15 is 0 Å². The summed E-state index contributed by atoms with van der Waals surface area (Å²) >= 11 is 1.69. The van der Waals surface area contributed by atoms with Gasteiger partial charge in [-0.3, -0.25) is 0 Å². The maximum absolute atomic E-state index is 4.91. The van der Waals surface area contributed by atoms with E-state index in [4.69, 9.17) is 9.97 Å². The second-order valence-corrected chi connectivity index (χ2v) is 8.61. The Labute approximate surface area is 152 Å². The Morgan fingerprint density at radius 1 is 1.08 bits per heavy atom. The van der Waals surface area contributed by atoms with Gasteiger partial charge in [-0.2, -0.15) is 0 Å². The van der Waals surface area contributed by atoms with Crippen LogP contribution in [0.3, 0.4) is 0 Å². The van der Waals surface area contributed by atoms with Gasteiger partial charge in [0, 0.05) is 11.4 Å². The number of fused-ring (bicyclic) bond motifs is 3. The van der Waals surface area contributed by atoms with Crippen LogP contribution in [-0.2, 0) is 0 Å². The summed E-state index contributed by atoms with van der Waals surface area (Å²) in [6.45, 7) is 2.34. The molecule has 4 atom stereocenters. The minimum atomic E-state index is 0.463. The van der Waals surface area contributed by atoms with E-state index in [1.165, 1.54) is 25.7 Å². The molecule has 1 N–H and O–H groups in total. The van der Waals surface area contributed by atoms with E-state index in [1.54, 1.807) is 11.3 Å². The fourth-order valence-electron chi connectivity index (χ4n) is 4.93. The molecule has 2 fully saturated rings. The number of nitrogens with one attached hydrogen (secondary N) is 1. The highest BCUT2D eigenvalue weighted by Crippen LogP contribution is 2.50. The van der Waals surface area contributed by atoms with Crippen LogP contribution in [0.15, 0.2) is 41.8 Å². The van der Waals surface area contributed by atoms with Crippen molar-refractivity contribution in [1.29, 1.82) is 0 Å². The first-order valence-corrected chi connectivity index (χ1v) is 10.2. The van der Waals surface area contributed by atoms with Crippen molar-refractivity contribution in [3.63, 3.8) is 0 Å². The third-order valence-electron chi connectivity index (χ3n) is 6.14. The number of para-hydroxylation sites is 1. The number of rotatable bonds is 4. The molecule has 0 amide bonds. The minimum absolute atomic E-state index is 0.463. The first-order chi connectivity index (χ1) is 12.3. The van der Waals surface area contributed by atoms with Crippen LogP contribution in [0.5, 0.6) is 0 Å². The molecule has 4 heteroatoms. The lowest BCUT2D eigenvalue weighted by Crippen LogP contribution is -2.30. The quantitative estimate of drug-likeness (QED) is 0.667. The van der Waals surface area contributed by atoms with Gasteiger partial charge in [-0.05, 0) is 67.5 Å². The third kappa shape index (κ3) is 2.73. The van der Waals surface area contributed by atoms with Crippen molar-refractivity contribution in [3.05, 3.63) is 41.8 Å². The summed E-state index contributed by atoms with van der Waals surface area (Å²) in [5.74, 6) is 4.50. The maximum atomic E-state index is 4.91. The zero-order valence-electron chi connectivity index (χ0n) is 14.5. The highest BCUT2D eigenvalue weighted by molar-refractivity contribution is 7.13. The molecule has 5 rings (SSSR count). The first kappa shape index (κ1) is 15.3. The lowest BCUT2D eigenvalue weighted by molar-refractivity contribution is 0.304. The predicted octanol–water partition coefficient (Wildman–Crippen LogP) is 5.59. The van der Waals surface area contributed by atoms with E-state index < -0.39 is 0 Å². The molecule has 128 valence electrons. The topological polar surface area (TPSA) is 37.8 Å². The highest BCUT2D eigenvalue weighted by Gasteiger charge is 2.41. The van der Waals surface area contributed by atoms with E-state index in [-0.39, 0.29) is 0 Å². The summed E-state index contributed by atoms with van der Waals surface area (Å²) in [6.07, 6.45) is 5.71. The summed E-state index contributed by atoms with van der Waals surface area (Å²) in [4.78, 5) is 10.8. The zero-order chi connectivity index (χ0) is 16.8. The van der Waals surface area contributed by atoms with Gasteiger partial charge in [0.1, 0.15) is 5.82 Å². The van der Waals surface area contributed by atoms with Crippen LogP contribution in [0.1, 0.15) is 32.6 Å². The summed E-state index contributed by atoms with van der Waals surface area (Å²) in [5, 5.41) is 6.97. The Morgan fingerprint density at radius 3 is 2.76 bits per heavy atom. The third-order valence-corrected chi connectivity index (χ3v) is 7.01. The highest BCUT2D eigenvalue weighted by atomic mass is 32.1. The average Bonchev–Trinajstić information content (AvgIpc) is 3.39. The standard InChI is InChI=1S/C21H23N3S/c1-13(17-12-14-8-9-15(17)11-14)22-20-16-5-2-3-6-18(16)23-21(24-20)19-7-4-10-25-19/h2-7,10,13-15,17H,8-9,11-12H2,1H3,(H,22,23,24)/t13-,14+,15+,17-/m1/s1. The number of hydrogen-bond acceptors (Lipinski definition) is 4. The molecule has 1 aromatic carbocycles. The van der Waals surface area contributed by atoms with E-state index in [0.29, 0.717) is 6.04 Å². The van der Waals surface area contributed by atoms with Crippen molar-refractivity contribution in [2.45, 2.75) is 38.6 Å². The molecular weight excluding hydrogens is 326 g/mol. The Morgan fingerprint density at radius 2 is 2.00 bits per heavy atom. The number of anilines is 1. The van der Waals surface area contributed by atoms with Crippen LogP contribution in [0.2, 0.25) is 0 Å².